The highest BCUT2D eigenvalue weighted by Gasteiger charge is 2.51. The zero-order valence-corrected chi connectivity index (χ0v) is 33.8. The molecule has 0 unspecified atom stereocenters. The van der Waals surface area contributed by atoms with Crippen LogP contribution in [0.2, 0.25) is 0 Å². The second kappa shape index (κ2) is 16.3. The Morgan fingerprint density at radius 2 is 1.14 bits per heavy atom. The number of halogens is 1. The second-order valence-corrected chi connectivity index (χ2v) is 15.4. The minimum atomic E-state index is -0.422. The van der Waals surface area contributed by atoms with E-state index in [4.69, 9.17) is 33.9 Å². The van der Waals surface area contributed by atoms with Gasteiger partial charge in [-0.1, -0.05) is 48.5 Å². The highest BCUT2D eigenvalue weighted by molar-refractivity contribution is 9.10. The summed E-state index contributed by atoms with van der Waals surface area (Å²) in [5.74, 6) is 1.60. The summed E-state index contributed by atoms with van der Waals surface area (Å²) in [7, 11) is -0.422. The number of nitrogens with zero attached hydrogens (tertiary/aromatic N) is 8. The van der Waals surface area contributed by atoms with Gasteiger partial charge in [0.05, 0.1) is 59.1 Å². The Balaban J connectivity index is 0.000000149. The molecule has 2 aromatic carbocycles. The number of anilines is 2. The second-order valence-electron chi connectivity index (χ2n) is 14.5. The van der Waals surface area contributed by atoms with Gasteiger partial charge in [-0.25, -0.2) is 19.7 Å². The number of fused-ring (bicyclic) bond motifs is 2. The molecule has 8 aromatic rings. The first kappa shape index (κ1) is 39.4. The van der Waals surface area contributed by atoms with Crippen LogP contribution >= 0.6 is 15.9 Å². The van der Waals surface area contributed by atoms with Crippen LogP contribution in [0.5, 0.6) is 0 Å². The first-order valence-corrected chi connectivity index (χ1v) is 19.0. The van der Waals surface area contributed by atoms with E-state index < -0.39 is 7.12 Å². The Kier molecular flexibility index (Phi) is 11.1. The van der Waals surface area contributed by atoms with Crippen molar-refractivity contribution < 1.29 is 9.31 Å². The van der Waals surface area contributed by atoms with E-state index >= 15 is 0 Å². The van der Waals surface area contributed by atoms with Crippen molar-refractivity contribution in [2.45, 2.75) is 38.9 Å². The standard InChI is InChI=1S/C20H20BN3O2.C19H13N5.C5H5BrN2/c1-19(2)20(3,4)26-21(25-19)15-9-10-17-12-23-18(24(17)13-15)14-7-6-8-16(11-14)22-5;1-21-17-4-2-3-13(8-17)19-23-11-18-6-5-14(12-24(18)19)15-7-16(20)10-22-9-15;6-4-1-5(7)3-8-2-4/h6-13H,1-4H3;2-12H,20H2;1-3H,7H2. The predicted octanol–water partition coefficient (Wildman–Crippen LogP) is 9.47. The van der Waals surface area contributed by atoms with Crippen LogP contribution in [-0.4, -0.2) is 47.1 Å². The third-order valence-electron chi connectivity index (χ3n) is 9.89. The van der Waals surface area contributed by atoms with Gasteiger partial charge in [-0.15, -0.1) is 0 Å². The molecule has 12 nitrogen and oxygen atoms in total. The van der Waals surface area contributed by atoms with E-state index in [1.807, 2.05) is 128 Å². The molecule has 0 saturated carbocycles. The highest BCUT2D eigenvalue weighted by atomic mass is 79.9. The molecule has 1 aliphatic rings. The van der Waals surface area contributed by atoms with E-state index in [0.29, 0.717) is 22.7 Å². The van der Waals surface area contributed by atoms with E-state index in [9.17, 15) is 0 Å². The SMILES string of the molecule is Nc1cncc(Br)c1.[C-]#[N+]c1cccc(-c2ncc3ccc(-c4cncc(N)c4)cn23)c1.[C-]#[N+]c1cccc(-c2ncc3ccc(B4OC(C)(C)C(C)(C)O4)cn23)c1. The van der Waals surface area contributed by atoms with Gasteiger partial charge >= 0.3 is 7.12 Å². The summed E-state index contributed by atoms with van der Waals surface area (Å²) in [6, 6.07) is 26.7. The third-order valence-corrected chi connectivity index (χ3v) is 10.3. The topological polar surface area (TPSA) is 140 Å². The summed E-state index contributed by atoms with van der Waals surface area (Å²) in [4.78, 5) is 24.0. The lowest BCUT2D eigenvalue weighted by Crippen LogP contribution is -2.41. The number of pyridine rings is 4. The Hall–Kier alpha value is -6.84. The summed E-state index contributed by atoms with van der Waals surface area (Å²) < 4.78 is 17.3. The van der Waals surface area contributed by atoms with E-state index in [1.165, 1.54) is 0 Å². The maximum atomic E-state index is 7.22. The first-order valence-electron chi connectivity index (χ1n) is 18.2. The Morgan fingerprint density at radius 1 is 0.603 bits per heavy atom. The number of imidazole rings is 2. The van der Waals surface area contributed by atoms with Crippen LogP contribution in [-0.2, 0) is 9.31 Å². The van der Waals surface area contributed by atoms with E-state index in [2.05, 4.69) is 45.6 Å². The Morgan fingerprint density at radius 3 is 1.66 bits per heavy atom. The number of benzene rings is 2. The number of nitrogens with two attached hydrogens (primary N) is 2. The monoisotopic (exact) mass is 828 g/mol. The third kappa shape index (κ3) is 8.45. The zero-order chi connectivity index (χ0) is 41.0. The maximum absolute atomic E-state index is 7.22. The maximum Gasteiger partial charge on any atom is 0.496 e. The van der Waals surface area contributed by atoms with Gasteiger partial charge in [-0.05, 0) is 85.5 Å². The average molecular weight is 830 g/mol. The van der Waals surface area contributed by atoms with Gasteiger partial charge < -0.3 is 25.2 Å². The number of rotatable bonds is 4. The van der Waals surface area contributed by atoms with Gasteiger partial charge in [0.2, 0.25) is 0 Å². The fourth-order valence-corrected chi connectivity index (χ4v) is 6.57. The minimum Gasteiger partial charge on any atom is -0.399 e. The molecule has 1 fully saturated rings. The molecule has 9 rings (SSSR count). The zero-order valence-electron chi connectivity index (χ0n) is 32.2. The Labute approximate surface area is 345 Å². The van der Waals surface area contributed by atoms with Crippen LogP contribution < -0.4 is 16.9 Å². The highest BCUT2D eigenvalue weighted by Crippen LogP contribution is 2.37. The molecule has 0 aliphatic carbocycles. The lowest BCUT2D eigenvalue weighted by molar-refractivity contribution is 0.00578. The molecule has 0 bridgehead atoms. The average Bonchev–Trinajstić information content (AvgIpc) is 3.90. The number of aromatic nitrogens is 6. The van der Waals surface area contributed by atoms with Crippen LogP contribution in [0.4, 0.5) is 22.7 Å². The normalized spacial score (nSPS) is 13.8. The molecular weight excluding hydrogens is 791 g/mol. The summed E-state index contributed by atoms with van der Waals surface area (Å²) in [5, 5.41) is 0. The lowest BCUT2D eigenvalue weighted by Gasteiger charge is -2.32. The van der Waals surface area contributed by atoms with Crippen molar-refractivity contribution in [2.75, 3.05) is 11.5 Å². The van der Waals surface area contributed by atoms with Crippen LogP contribution in [0.25, 0.3) is 54.6 Å². The van der Waals surface area contributed by atoms with Gasteiger partial charge in [0.15, 0.2) is 11.4 Å². The van der Waals surface area contributed by atoms with Gasteiger partial charge in [0, 0.05) is 63.9 Å². The number of hydrogen-bond donors (Lipinski definition) is 2. The van der Waals surface area contributed by atoms with Crippen LogP contribution in [0, 0.1) is 13.1 Å². The van der Waals surface area contributed by atoms with Crippen molar-refractivity contribution in [1.29, 1.82) is 0 Å². The first-order chi connectivity index (χ1) is 27.8. The molecule has 1 saturated heterocycles. The quantitative estimate of drug-likeness (QED) is 0.132. The van der Waals surface area contributed by atoms with E-state index in [-0.39, 0.29) is 11.2 Å². The fraction of sp³-hybridized carbons (Fsp3) is 0.136. The summed E-state index contributed by atoms with van der Waals surface area (Å²) in [6.45, 7) is 22.6. The molecule has 0 radical (unpaired) electrons. The van der Waals surface area contributed by atoms with Crippen LogP contribution in [0.1, 0.15) is 27.7 Å². The van der Waals surface area contributed by atoms with Crippen LogP contribution in [0.3, 0.4) is 0 Å². The molecule has 14 heteroatoms. The summed E-state index contributed by atoms with van der Waals surface area (Å²) in [5.41, 5.74) is 19.6. The molecule has 0 atom stereocenters. The van der Waals surface area contributed by atoms with Crippen molar-refractivity contribution in [1.82, 2.24) is 28.7 Å². The van der Waals surface area contributed by atoms with Crippen molar-refractivity contribution in [3.63, 3.8) is 0 Å². The predicted molar refractivity (Wildman–Crippen MR) is 233 cm³/mol. The smallest absolute Gasteiger partial charge is 0.399 e. The van der Waals surface area contributed by atoms with Gasteiger partial charge in [-0.3, -0.25) is 14.4 Å². The molecule has 0 amide bonds. The van der Waals surface area contributed by atoms with Crippen molar-refractivity contribution in [2.24, 2.45) is 0 Å². The number of hydrogen-bond acceptors (Lipinski definition) is 8. The summed E-state index contributed by atoms with van der Waals surface area (Å²) in [6.07, 6.45) is 14.4. The fourth-order valence-electron chi connectivity index (χ4n) is 6.19. The molecule has 4 N–H and O–H groups in total. The molecule has 6 aromatic heterocycles. The molecule has 58 heavy (non-hydrogen) atoms. The van der Waals surface area contributed by atoms with Crippen LogP contribution in [0.15, 0.2) is 139 Å². The van der Waals surface area contributed by atoms with Crippen molar-refractivity contribution >= 4 is 62.3 Å². The Bertz CT molecular complexity index is 2820. The molecule has 7 heterocycles. The molecular formula is C44H38BBrN10O2. The molecule has 1 aliphatic heterocycles. The largest absolute Gasteiger partial charge is 0.496 e. The molecule has 286 valence electrons. The molecule has 0 spiro atoms. The number of nitrogen functional groups attached to an aromatic ring is 2. The van der Waals surface area contributed by atoms with E-state index in [1.54, 1.807) is 43.0 Å². The van der Waals surface area contributed by atoms with Crippen molar-refractivity contribution in [3.05, 3.63) is 162 Å². The van der Waals surface area contributed by atoms with Gasteiger partial charge in [-0.2, -0.15) is 0 Å². The van der Waals surface area contributed by atoms with Gasteiger partial charge in [0.1, 0.15) is 11.6 Å². The minimum absolute atomic E-state index is 0.381. The lowest BCUT2D eigenvalue weighted by atomic mass is 9.80. The van der Waals surface area contributed by atoms with Gasteiger partial charge in [0.25, 0.3) is 0 Å². The van der Waals surface area contributed by atoms with Crippen molar-refractivity contribution in [3.8, 4) is 33.9 Å². The summed E-state index contributed by atoms with van der Waals surface area (Å²) >= 11 is 3.22. The van der Waals surface area contributed by atoms with E-state index in [0.717, 1.165) is 54.9 Å².